The first-order valence-electron chi connectivity index (χ1n) is 9.43. The third-order valence-electron chi connectivity index (χ3n) is 5.75. The number of nitrogens with one attached hydrogen (secondary N) is 1. The molecule has 0 saturated heterocycles. The Morgan fingerprint density at radius 2 is 1.92 bits per heavy atom. The number of carbonyl (C=O) groups excluding carboxylic acids is 1. The number of rotatable bonds is 6. The minimum absolute atomic E-state index is 0. The van der Waals surface area contributed by atoms with Gasteiger partial charge in [0.05, 0.1) is 6.61 Å². The summed E-state index contributed by atoms with van der Waals surface area (Å²) < 4.78 is 5.65. The van der Waals surface area contributed by atoms with Crippen LogP contribution in [0.4, 0.5) is 0 Å². The molecule has 2 saturated carbocycles. The van der Waals surface area contributed by atoms with Gasteiger partial charge in [-0.2, -0.15) is 0 Å². The van der Waals surface area contributed by atoms with E-state index in [1.54, 1.807) is 0 Å². The first kappa shape index (κ1) is 20.1. The summed E-state index contributed by atoms with van der Waals surface area (Å²) in [5.74, 6) is 2.39. The van der Waals surface area contributed by atoms with Gasteiger partial charge in [-0.05, 0) is 62.5 Å². The zero-order valence-corrected chi connectivity index (χ0v) is 15.9. The second kappa shape index (κ2) is 9.44. The van der Waals surface area contributed by atoms with E-state index in [4.69, 9.17) is 10.5 Å². The van der Waals surface area contributed by atoms with Gasteiger partial charge in [0.2, 0.25) is 5.91 Å². The van der Waals surface area contributed by atoms with Crippen LogP contribution < -0.4 is 15.8 Å². The van der Waals surface area contributed by atoms with Gasteiger partial charge < -0.3 is 15.8 Å². The number of hydrogen-bond donors (Lipinski definition) is 2. The molecular weight excluding hydrogens is 336 g/mol. The molecule has 25 heavy (non-hydrogen) atoms. The molecule has 2 unspecified atom stereocenters. The van der Waals surface area contributed by atoms with Gasteiger partial charge in [0.1, 0.15) is 5.75 Å². The summed E-state index contributed by atoms with van der Waals surface area (Å²) in [6.07, 6.45) is 6.43. The Bertz CT molecular complexity index is 552. The molecule has 4 nitrogen and oxygen atoms in total. The van der Waals surface area contributed by atoms with Crippen molar-refractivity contribution in [2.24, 2.45) is 23.5 Å². The van der Waals surface area contributed by atoms with Crippen LogP contribution in [-0.4, -0.2) is 25.1 Å². The van der Waals surface area contributed by atoms with Gasteiger partial charge >= 0.3 is 0 Å². The predicted molar refractivity (Wildman–Crippen MR) is 103 cm³/mol. The number of halogens is 1. The maximum absolute atomic E-state index is 12.6. The van der Waals surface area contributed by atoms with Crippen LogP contribution in [0.5, 0.6) is 5.75 Å². The van der Waals surface area contributed by atoms with E-state index in [-0.39, 0.29) is 24.2 Å². The Labute approximate surface area is 157 Å². The zero-order chi connectivity index (χ0) is 16.9. The van der Waals surface area contributed by atoms with E-state index in [1.165, 1.54) is 19.3 Å². The molecule has 1 amide bonds. The monoisotopic (exact) mass is 366 g/mol. The quantitative estimate of drug-likeness (QED) is 0.811. The lowest BCUT2D eigenvalue weighted by molar-refractivity contribution is -0.127. The van der Waals surface area contributed by atoms with Gasteiger partial charge in [-0.15, -0.1) is 12.4 Å². The number of ether oxygens (including phenoxy) is 1. The highest BCUT2D eigenvalue weighted by Gasteiger charge is 2.40. The average Bonchev–Trinajstić information content (AvgIpc) is 2.56. The van der Waals surface area contributed by atoms with E-state index in [2.05, 4.69) is 11.4 Å². The molecule has 0 heterocycles. The Kier molecular flexibility index (Phi) is 7.57. The fraction of sp³-hybridized carbons (Fsp3) is 0.650. The molecule has 140 valence electrons. The van der Waals surface area contributed by atoms with Crippen LogP contribution in [0.2, 0.25) is 0 Å². The third-order valence-corrected chi connectivity index (χ3v) is 5.75. The van der Waals surface area contributed by atoms with Crippen LogP contribution in [0.3, 0.4) is 0 Å². The minimum atomic E-state index is 0. The summed E-state index contributed by atoms with van der Waals surface area (Å²) in [5, 5.41) is 3.14. The molecule has 3 rings (SSSR count). The Morgan fingerprint density at radius 3 is 2.60 bits per heavy atom. The number of nitrogens with two attached hydrogens (primary N) is 1. The predicted octanol–water partition coefficient (Wildman–Crippen LogP) is 3.32. The highest BCUT2D eigenvalue weighted by molar-refractivity contribution is 5.85. The fourth-order valence-corrected chi connectivity index (χ4v) is 4.47. The van der Waals surface area contributed by atoms with Crippen molar-refractivity contribution in [1.29, 1.82) is 0 Å². The first-order chi connectivity index (χ1) is 11.7. The molecular formula is C20H31ClN2O2. The second-order valence-electron chi connectivity index (χ2n) is 7.28. The van der Waals surface area contributed by atoms with Crippen LogP contribution in [-0.2, 0) is 11.2 Å². The van der Waals surface area contributed by atoms with Crippen LogP contribution in [0.1, 0.15) is 44.6 Å². The largest absolute Gasteiger partial charge is 0.494 e. The van der Waals surface area contributed by atoms with Gasteiger partial charge in [-0.3, -0.25) is 4.79 Å². The minimum Gasteiger partial charge on any atom is -0.494 e. The molecule has 0 spiro atoms. The summed E-state index contributed by atoms with van der Waals surface area (Å²) in [4.78, 5) is 12.6. The molecule has 1 aromatic carbocycles. The van der Waals surface area contributed by atoms with E-state index in [0.717, 1.165) is 30.6 Å². The van der Waals surface area contributed by atoms with Gasteiger partial charge in [0, 0.05) is 18.5 Å². The van der Waals surface area contributed by atoms with Crippen molar-refractivity contribution in [2.75, 3.05) is 13.2 Å². The van der Waals surface area contributed by atoms with Crippen molar-refractivity contribution in [3.8, 4) is 5.75 Å². The smallest absolute Gasteiger partial charge is 0.223 e. The molecule has 0 aliphatic heterocycles. The highest BCUT2D eigenvalue weighted by atomic mass is 35.5. The van der Waals surface area contributed by atoms with E-state index in [9.17, 15) is 4.79 Å². The summed E-state index contributed by atoms with van der Waals surface area (Å²) >= 11 is 0. The van der Waals surface area contributed by atoms with Gasteiger partial charge in [-0.1, -0.05) is 24.6 Å². The topological polar surface area (TPSA) is 64.3 Å². The highest BCUT2D eigenvalue weighted by Crippen LogP contribution is 2.41. The van der Waals surface area contributed by atoms with Crippen LogP contribution in [0.25, 0.3) is 0 Å². The maximum Gasteiger partial charge on any atom is 0.223 e. The van der Waals surface area contributed by atoms with E-state index >= 15 is 0 Å². The summed E-state index contributed by atoms with van der Waals surface area (Å²) in [5.41, 5.74) is 7.48. The number of hydrogen-bond acceptors (Lipinski definition) is 3. The number of para-hydroxylation sites is 1. The Balaban J connectivity index is 0.00000225. The summed E-state index contributed by atoms with van der Waals surface area (Å²) in [7, 11) is 0. The van der Waals surface area contributed by atoms with Gasteiger partial charge in [0.25, 0.3) is 0 Å². The van der Waals surface area contributed by atoms with Crippen LogP contribution in [0.15, 0.2) is 24.3 Å². The zero-order valence-electron chi connectivity index (χ0n) is 15.1. The number of amides is 1. The van der Waals surface area contributed by atoms with Crippen LogP contribution in [0, 0.1) is 17.8 Å². The second-order valence-corrected chi connectivity index (χ2v) is 7.28. The number of benzene rings is 1. The van der Waals surface area contributed by atoms with Crippen molar-refractivity contribution in [2.45, 2.75) is 51.5 Å². The van der Waals surface area contributed by atoms with Crippen molar-refractivity contribution in [3.05, 3.63) is 29.8 Å². The fourth-order valence-electron chi connectivity index (χ4n) is 4.47. The molecule has 0 aromatic heterocycles. The average molecular weight is 367 g/mol. The maximum atomic E-state index is 12.6. The molecule has 2 bridgehead atoms. The summed E-state index contributed by atoms with van der Waals surface area (Å²) in [6, 6.07) is 8.38. The standard InChI is InChI=1S/C20H30N2O2.ClH/c1-2-24-18-9-4-3-6-14(18)10-11-22-20(23)17-12-15-7-5-8-16(13-17)19(15)21;/h3-4,6,9,15-17,19H,2,5,7-8,10-13,21H2,1H3,(H,22,23);1H. The normalized spacial score (nSPS) is 27.9. The number of fused-ring (bicyclic) bond motifs is 2. The van der Waals surface area contributed by atoms with Crippen molar-refractivity contribution >= 4 is 18.3 Å². The lowest BCUT2D eigenvalue weighted by Gasteiger charge is -2.43. The molecule has 2 aliphatic carbocycles. The van der Waals surface area contributed by atoms with Crippen molar-refractivity contribution in [3.63, 3.8) is 0 Å². The lowest BCUT2D eigenvalue weighted by Crippen LogP contribution is -2.49. The Morgan fingerprint density at radius 1 is 1.24 bits per heavy atom. The Hall–Kier alpha value is -1.26. The molecule has 2 atom stereocenters. The van der Waals surface area contributed by atoms with Crippen LogP contribution >= 0.6 is 12.4 Å². The lowest BCUT2D eigenvalue weighted by atomic mass is 9.65. The molecule has 1 aromatic rings. The van der Waals surface area contributed by atoms with Gasteiger partial charge in [-0.25, -0.2) is 0 Å². The van der Waals surface area contributed by atoms with E-state index in [1.807, 2.05) is 25.1 Å². The molecule has 3 N–H and O–H groups in total. The third kappa shape index (κ3) is 4.89. The van der Waals surface area contributed by atoms with E-state index in [0.29, 0.717) is 31.0 Å². The summed E-state index contributed by atoms with van der Waals surface area (Å²) in [6.45, 7) is 3.32. The molecule has 5 heteroatoms. The van der Waals surface area contributed by atoms with Gasteiger partial charge in [0.15, 0.2) is 0 Å². The SMILES string of the molecule is CCOc1ccccc1CCNC(=O)C1CC2CCCC(C1)C2N.Cl. The van der Waals surface area contributed by atoms with E-state index < -0.39 is 0 Å². The molecule has 0 radical (unpaired) electrons. The van der Waals surface area contributed by atoms with Crippen molar-refractivity contribution in [1.82, 2.24) is 5.32 Å². The first-order valence-corrected chi connectivity index (χ1v) is 9.43. The molecule has 2 aliphatic rings. The molecule has 2 fully saturated rings. The number of carbonyl (C=O) groups is 1. The van der Waals surface area contributed by atoms with Crippen molar-refractivity contribution < 1.29 is 9.53 Å².